The van der Waals surface area contributed by atoms with Crippen molar-refractivity contribution in [2.75, 3.05) is 33.3 Å². The van der Waals surface area contributed by atoms with Crippen molar-refractivity contribution in [1.82, 2.24) is 9.80 Å². The Labute approximate surface area is 162 Å². The fourth-order valence-corrected chi connectivity index (χ4v) is 4.11. The molecule has 3 rings (SSSR count). The Morgan fingerprint density at radius 1 is 1.07 bits per heavy atom. The number of hydrogen-bond donors (Lipinski definition) is 0. The van der Waals surface area contributed by atoms with Gasteiger partial charge in [0.05, 0.1) is 13.0 Å². The largest absolute Gasteiger partial charge is 0.497 e. The first-order chi connectivity index (χ1) is 13.2. The van der Waals surface area contributed by atoms with Crippen molar-refractivity contribution < 1.29 is 14.3 Å². The van der Waals surface area contributed by atoms with E-state index in [1.807, 2.05) is 29.2 Å². The van der Waals surface area contributed by atoms with Gasteiger partial charge in [0.1, 0.15) is 5.75 Å². The van der Waals surface area contributed by atoms with Crippen LogP contribution in [-0.4, -0.2) is 54.9 Å². The molecule has 2 amide bonds. The molecular formula is C22H32N2O3. The number of piperidine rings is 1. The zero-order chi connectivity index (χ0) is 19.1. The number of benzene rings is 1. The summed E-state index contributed by atoms with van der Waals surface area (Å²) in [5.41, 5.74) is 1.18. The molecule has 2 aliphatic heterocycles. The summed E-state index contributed by atoms with van der Waals surface area (Å²) in [5.74, 6) is 1.25. The summed E-state index contributed by atoms with van der Waals surface area (Å²) in [4.78, 5) is 29.3. The van der Waals surface area contributed by atoms with Crippen molar-refractivity contribution in [3.05, 3.63) is 29.8 Å². The highest BCUT2D eigenvalue weighted by Crippen LogP contribution is 2.22. The Morgan fingerprint density at radius 3 is 2.41 bits per heavy atom. The molecular weight excluding hydrogens is 340 g/mol. The molecule has 5 heteroatoms. The molecule has 2 aliphatic rings. The number of amides is 2. The number of ether oxygens (including phenoxy) is 1. The lowest BCUT2D eigenvalue weighted by atomic mass is 9.95. The zero-order valence-electron chi connectivity index (χ0n) is 16.5. The van der Waals surface area contributed by atoms with Gasteiger partial charge in [-0.05, 0) is 43.4 Å². The second-order valence-electron chi connectivity index (χ2n) is 7.77. The van der Waals surface area contributed by atoms with Gasteiger partial charge in [0.2, 0.25) is 11.8 Å². The van der Waals surface area contributed by atoms with Gasteiger partial charge in [0.15, 0.2) is 0 Å². The van der Waals surface area contributed by atoms with Gasteiger partial charge in [-0.1, -0.05) is 31.4 Å². The fourth-order valence-electron chi connectivity index (χ4n) is 4.11. The topological polar surface area (TPSA) is 49.9 Å². The normalized spacial score (nSPS) is 21.5. The molecule has 1 atom stereocenters. The Morgan fingerprint density at radius 2 is 1.74 bits per heavy atom. The average Bonchev–Trinajstić information content (AvgIpc) is 2.67. The molecule has 0 radical (unpaired) electrons. The van der Waals surface area contributed by atoms with Crippen molar-refractivity contribution in [3.8, 4) is 5.75 Å². The number of likely N-dealkylation sites (tertiary alicyclic amines) is 2. The summed E-state index contributed by atoms with van der Waals surface area (Å²) in [6.45, 7) is 3.02. The zero-order valence-corrected chi connectivity index (χ0v) is 16.5. The van der Waals surface area contributed by atoms with Crippen LogP contribution in [0.25, 0.3) is 0 Å². The molecule has 2 heterocycles. The Kier molecular flexibility index (Phi) is 7.13. The summed E-state index contributed by atoms with van der Waals surface area (Å²) in [5, 5.41) is 0. The molecule has 0 aliphatic carbocycles. The SMILES string of the molecule is COc1ccc(CCN2CC(C(=O)N3CCCCCCC3)CCC2=O)cc1. The minimum Gasteiger partial charge on any atom is -0.497 e. The predicted molar refractivity (Wildman–Crippen MR) is 106 cm³/mol. The molecule has 148 valence electrons. The van der Waals surface area contributed by atoms with E-state index in [0.717, 1.165) is 38.1 Å². The number of hydrogen-bond acceptors (Lipinski definition) is 3. The quantitative estimate of drug-likeness (QED) is 0.797. The van der Waals surface area contributed by atoms with Crippen molar-refractivity contribution in [3.63, 3.8) is 0 Å². The van der Waals surface area contributed by atoms with Crippen LogP contribution in [0.15, 0.2) is 24.3 Å². The van der Waals surface area contributed by atoms with Crippen molar-refractivity contribution >= 4 is 11.8 Å². The average molecular weight is 373 g/mol. The predicted octanol–water partition coefficient (Wildman–Crippen LogP) is 3.27. The number of rotatable bonds is 5. The molecule has 5 nitrogen and oxygen atoms in total. The molecule has 0 aromatic heterocycles. The molecule has 0 spiro atoms. The van der Waals surface area contributed by atoms with E-state index in [4.69, 9.17) is 4.74 Å². The van der Waals surface area contributed by atoms with Crippen LogP contribution in [0.2, 0.25) is 0 Å². The van der Waals surface area contributed by atoms with Crippen LogP contribution in [-0.2, 0) is 16.0 Å². The summed E-state index contributed by atoms with van der Waals surface area (Å²) in [7, 11) is 1.66. The van der Waals surface area contributed by atoms with Crippen LogP contribution >= 0.6 is 0 Å². The van der Waals surface area contributed by atoms with Gasteiger partial charge in [0.25, 0.3) is 0 Å². The highest BCUT2D eigenvalue weighted by molar-refractivity contribution is 5.84. The number of carbonyl (C=O) groups excluding carboxylic acids is 2. The highest BCUT2D eigenvalue weighted by atomic mass is 16.5. The van der Waals surface area contributed by atoms with Gasteiger partial charge < -0.3 is 14.5 Å². The van der Waals surface area contributed by atoms with E-state index in [2.05, 4.69) is 4.90 Å². The molecule has 1 unspecified atom stereocenters. The first-order valence-electron chi connectivity index (χ1n) is 10.4. The molecule has 0 bridgehead atoms. The summed E-state index contributed by atoms with van der Waals surface area (Å²) in [6.07, 6.45) is 7.96. The van der Waals surface area contributed by atoms with Gasteiger partial charge in [-0.15, -0.1) is 0 Å². The molecule has 27 heavy (non-hydrogen) atoms. The minimum atomic E-state index is -0.0296. The first kappa shape index (κ1) is 19.7. The van der Waals surface area contributed by atoms with E-state index < -0.39 is 0 Å². The maximum absolute atomic E-state index is 13.0. The van der Waals surface area contributed by atoms with E-state index in [1.165, 1.54) is 24.8 Å². The van der Waals surface area contributed by atoms with Crippen LogP contribution in [0.3, 0.4) is 0 Å². The molecule has 1 aromatic rings. The van der Waals surface area contributed by atoms with Gasteiger partial charge in [-0.3, -0.25) is 9.59 Å². The van der Waals surface area contributed by atoms with Crippen LogP contribution in [0, 0.1) is 5.92 Å². The van der Waals surface area contributed by atoms with Gasteiger partial charge in [0, 0.05) is 32.6 Å². The van der Waals surface area contributed by atoms with E-state index in [9.17, 15) is 9.59 Å². The number of nitrogens with zero attached hydrogens (tertiary/aromatic N) is 2. The number of carbonyl (C=O) groups is 2. The van der Waals surface area contributed by atoms with Crippen molar-refractivity contribution in [2.24, 2.45) is 5.92 Å². The van der Waals surface area contributed by atoms with E-state index >= 15 is 0 Å². The third kappa shape index (κ3) is 5.47. The van der Waals surface area contributed by atoms with E-state index in [1.54, 1.807) is 7.11 Å². The Bertz CT molecular complexity index is 621. The highest BCUT2D eigenvalue weighted by Gasteiger charge is 2.32. The lowest BCUT2D eigenvalue weighted by Crippen LogP contribution is -2.48. The third-order valence-electron chi connectivity index (χ3n) is 5.85. The van der Waals surface area contributed by atoms with Crippen LogP contribution < -0.4 is 4.74 Å². The van der Waals surface area contributed by atoms with E-state index in [0.29, 0.717) is 25.9 Å². The summed E-state index contributed by atoms with van der Waals surface area (Å²) < 4.78 is 5.19. The lowest BCUT2D eigenvalue weighted by Gasteiger charge is -2.35. The fraction of sp³-hybridized carbons (Fsp3) is 0.636. The smallest absolute Gasteiger partial charge is 0.227 e. The first-order valence-corrected chi connectivity index (χ1v) is 10.4. The molecule has 1 aromatic carbocycles. The monoisotopic (exact) mass is 372 g/mol. The molecule has 2 fully saturated rings. The maximum Gasteiger partial charge on any atom is 0.227 e. The third-order valence-corrected chi connectivity index (χ3v) is 5.85. The standard InChI is InChI=1S/C22H32N2O3/c1-27-20-10-7-18(8-11-20)13-16-24-17-19(9-12-21(24)25)22(26)23-14-5-3-2-4-6-15-23/h7-8,10-11,19H,2-6,9,12-17H2,1H3. The molecule has 2 saturated heterocycles. The van der Waals surface area contributed by atoms with Gasteiger partial charge in [-0.25, -0.2) is 0 Å². The number of methoxy groups -OCH3 is 1. The van der Waals surface area contributed by atoms with Crippen molar-refractivity contribution in [1.29, 1.82) is 0 Å². The Hall–Kier alpha value is -2.04. The molecule has 0 saturated carbocycles. The summed E-state index contributed by atoms with van der Waals surface area (Å²) in [6, 6.07) is 7.97. The van der Waals surface area contributed by atoms with Crippen LogP contribution in [0.5, 0.6) is 5.75 Å². The van der Waals surface area contributed by atoms with Gasteiger partial charge >= 0.3 is 0 Å². The minimum absolute atomic E-state index is 0.0296. The Balaban J connectivity index is 1.54. The maximum atomic E-state index is 13.0. The van der Waals surface area contributed by atoms with Crippen LogP contribution in [0.1, 0.15) is 50.5 Å². The van der Waals surface area contributed by atoms with E-state index in [-0.39, 0.29) is 17.7 Å². The van der Waals surface area contributed by atoms with Crippen molar-refractivity contribution in [2.45, 2.75) is 51.4 Å². The summed E-state index contributed by atoms with van der Waals surface area (Å²) >= 11 is 0. The molecule has 0 N–H and O–H groups in total. The van der Waals surface area contributed by atoms with Crippen LogP contribution in [0.4, 0.5) is 0 Å². The second-order valence-corrected chi connectivity index (χ2v) is 7.77. The van der Waals surface area contributed by atoms with Gasteiger partial charge in [-0.2, -0.15) is 0 Å². The lowest BCUT2D eigenvalue weighted by molar-refractivity contribution is -0.143. The second kappa shape index (κ2) is 9.77.